The normalized spacial score (nSPS) is 15.8. The topological polar surface area (TPSA) is 105 Å². The first-order chi connectivity index (χ1) is 12.4. The summed E-state index contributed by atoms with van der Waals surface area (Å²) in [4.78, 5) is 38.9. The third-order valence-electron chi connectivity index (χ3n) is 4.20. The monoisotopic (exact) mass is 366 g/mol. The zero-order valence-corrected chi connectivity index (χ0v) is 14.8. The van der Waals surface area contributed by atoms with E-state index in [-0.39, 0.29) is 18.2 Å². The van der Waals surface area contributed by atoms with Crippen molar-refractivity contribution in [3.8, 4) is 0 Å². The molecule has 1 aromatic carbocycles. The number of benzene rings is 1. The maximum Gasteiger partial charge on any atom is 0.253 e. The molecule has 3 amide bonds. The molecule has 1 heterocycles. The molecule has 1 fully saturated rings. The Morgan fingerprint density at radius 3 is 2.62 bits per heavy atom. The Morgan fingerprint density at radius 1 is 1.38 bits per heavy atom. The van der Waals surface area contributed by atoms with E-state index in [1.807, 2.05) is 0 Å². The van der Waals surface area contributed by atoms with Gasteiger partial charge in [0.05, 0.1) is 12.3 Å². The largest absolute Gasteiger partial charge is 0.370 e. The summed E-state index contributed by atoms with van der Waals surface area (Å²) in [6, 6.07) is 2.85. The number of carbonyl (C=O) groups is 3. The summed E-state index contributed by atoms with van der Waals surface area (Å²) in [7, 11) is 0. The molecule has 0 spiro atoms. The summed E-state index contributed by atoms with van der Waals surface area (Å²) in [6.45, 7) is 5.12. The molecule has 1 aliphatic rings. The van der Waals surface area contributed by atoms with Crippen molar-refractivity contribution in [1.29, 1.82) is 0 Å². The second kappa shape index (κ2) is 8.72. The summed E-state index contributed by atoms with van der Waals surface area (Å²) in [6.07, 6.45) is 0. The fraction of sp³-hybridized carbons (Fsp3) is 0.471. The molecular formula is C17H23FN4O4. The van der Waals surface area contributed by atoms with E-state index >= 15 is 0 Å². The number of primary amides is 1. The molecule has 1 aromatic rings. The number of nitrogens with zero attached hydrogens (tertiary/aromatic N) is 2. The zero-order valence-electron chi connectivity index (χ0n) is 14.8. The van der Waals surface area contributed by atoms with E-state index in [0.717, 1.165) is 6.07 Å². The molecule has 0 unspecified atom stereocenters. The molecular weight excluding hydrogens is 343 g/mol. The first-order valence-corrected chi connectivity index (χ1v) is 8.40. The van der Waals surface area contributed by atoms with E-state index < -0.39 is 23.7 Å². The van der Waals surface area contributed by atoms with Gasteiger partial charge in [-0.1, -0.05) is 13.8 Å². The van der Waals surface area contributed by atoms with Crippen LogP contribution in [0.4, 0.5) is 15.8 Å². The number of rotatable bonds is 7. The van der Waals surface area contributed by atoms with Crippen LogP contribution in [-0.2, 0) is 19.1 Å². The van der Waals surface area contributed by atoms with Crippen molar-refractivity contribution in [3.05, 3.63) is 24.0 Å². The number of halogens is 1. The van der Waals surface area contributed by atoms with Crippen LogP contribution >= 0.6 is 0 Å². The van der Waals surface area contributed by atoms with Crippen molar-refractivity contribution < 1.29 is 23.5 Å². The summed E-state index contributed by atoms with van der Waals surface area (Å²) >= 11 is 0. The maximum absolute atomic E-state index is 14.4. The van der Waals surface area contributed by atoms with Crippen molar-refractivity contribution >= 4 is 29.1 Å². The van der Waals surface area contributed by atoms with Gasteiger partial charge in [0.25, 0.3) is 11.8 Å². The van der Waals surface area contributed by atoms with Crippen molar-refractivity contribution in [3.63, 3.8) is 0 Å². The Hall–Kier alpha value is -2.52. The average Bonchev–Trinajstić information content (AvgIpc) is 2.61. The maximum atomic E-state index is 14.4. The predicted molar refractivity (Wildman–Crippen MR) is 94.1 cm³/mol. The number of ether oxygens (including phenoxy) is 1. The highest BCUT2D eigenvalue weighted by atomic mass is 19.1. The lowest BCUT2D eigenvalue weighted by atomic mass is 10.2. The minimum atomic E-state index is -1.19. The average molecular weight is 366 g/mol. The number of nitrogens with one attached hydrogen (secondary N) is 1. The second-order valence-electron chi connectivity index (χ2n) is 5.78. The van der Waals surface area contributed by atoms with Gasteiger partial charge in [-0.15, -0.1) is 0 Å². The van der Waals surface area contributed by atoms with E-state index in [4.69, 9.17) is 10.5 Å². The lowest BCUT2D eigenvalue weighted by Crippen LogP contribution is -2.52. The summed E-state index contributed by atoms with van der Waals surface area (Å²) in [5, 5.41) is 2.40. The van der Waals surface area contributed by atoms with Crippen LogP contribution in [0.1, 0.15) is 13.8 Å². The Morgan fingerprint density at radius 2 is 2.08 bits per heavy atom. The minimum Gasteiger partial charge on any atom is -0.370 e. The van der Waals surface area contributed by atoms with Crippen LogP contribution in [0.3, 0.4) is 0 Å². The van der Waals surface area contributed by atoms with Gasteiger partial charge in [0.15, 0.2) is 6.04 Å². The summed E-state index contributed by atoms with van der Waals surface area (Å²) in [5.41, 5.74) is 5.62. The molecule has 0 aliphatic carbocycles. The van der Waals surface area contributed by atoms with E-state index in [9.17, 15) is 18.8 Å². The fourth-order valence-electron chi connectivity index (χ4n) is 2.83. The summed E-state index contributed by atoms with van der Waals surface area (Å²) < 4.78 is 19.5. The Kier molecular flexibility index (Phi) is 6.64. The van der Waals surface area contributed by atoms with Gasteiger partial charge in [0, 0.05) is 12.2 Å². The van der Waals surface area contributed by atoms with Crippen LogP contribution in [0.25, 0.3) is 0 Å². The number of hydrogen-bond donors (Lipinski definition) is 2. The van der Waals surface area contributed by atoms with E-state index in [0.29, 0.717) is 31.9 Å². The third kappa shape index (κ3) is 4.36. The van der Waals surface area contributed by atoms with Crippen LogP contribution in [0.15, 0.2) is 18.2 Å². The number of hydrogen-bond acceptors (Lipinski definition) is 5. The van der Waals surface area contributed by atoms with Gasteiger partial charge in [-0.3, -0.25) is 19.3 Å². The molecule has 1 atom stereocenters. The fourth-order valence-corrected chi connectivity index (χ4v) is 2.83. The van der Waals surface area contributed by atoms with Gasteiger partial charge in [-0.2, -0.15) is 0 Å². The molecule has 2 rings (SSSR count). The van der Waals surface area contributed by atoms with Gasteiger partial charge in [-0.25, -0.2) is 4.39 Å². The second-order valence-corrected chi connectivity index (χ2v) is 5.78. The highest BCUT2D eigenvalue weighted by Gasteiger charge is 2.30. The van der Waals surface area contributed by atoms with Gasteiger partial charge in [0.1, 0.15) is 12.4 Å². The zero-order chi connectivity index (χ0) is 19.3. The highest BCUT2D eigenvalue weighted by molar-refractivity contribution is 6.09. The van der Waals surface area contributed by atoms with E-state index in [1.165, 1.54) is 17.0 Å². The molecule has 1 aliphatic heterocycles. The molecule has 1 saturated heterocycles. The number of anilines is 2. The quantitative estimate of drug-likeness (QED) is 0.677. The van der Waals surface area contributed by atoms with Gasteiger partial charge in [0.2, 0.25) is 5.91 Å². The highest BCUT2D eigenvalue weighted by Crippen LogP contribution is 2.23. The van der Waals surface area contributed by atoms with Crippen LogP contribution in [0.2, 0.25) is 0 Å². The van der Waals surface area contributed by atoms with Gasteiger partial charge in [-0.05, 0) is 31.3 Å². The lowest BCUT2D eigenvalue weighted by Gasteiger charge is -2.27. The van der Waals surface area contributed by atoms with Gasteiger partial charge < -0.3 is 20.7 Å². The number of likely N-dealkylation sites (N-methyl/N-ethyl adjacent to an activating group) is 1. The Balaban J connectivity index is 2.17. The third-order valence-corrected chi connectivity index (χ3v) is 4.20. The SMILES string of the molecule is CCN(CC)[C@@H](C(N)=O)C(=O)Nc1ccc(N2CCOCC2=O)cc1F. The van der Waals surface area contributed by atoms with Crippen molar-refractivity contribution in [2.75, 3.05) is 43.1 Å². The first-order valence-electron chi connectivity index (χ1n) is 8.40. The molecule has 142 valence electrons. The van der Waals surface area contributed by atoms with Gasteiger partial charge >= 0.3 is 0 Å². The van der Waals surface area contributed by atoms with Crippen molar-refractivity contribution in [2.45, 2.75) is 19.9 Å². The van der Waals surface area contributed by atoms with Crippen LogP contribution in [0.5, 0.6) is 0 Å². The number of amides is 3. The number of carbonyl (C=O) groups excluding carboxylic acids is 3. The molecule has 26 heavy (non-hydrogen) atoms. The Labute approximate surface area is 151 Å². The number of morpholine rings is 1. The lowest BCUT2D eigenvalue weighted by molar-refractivity contribution is -0.132. The molecule has 3 N–H and O–H groups in total. The van der Waals surface area contributed by atoms with Crippen molar-refractivity contribution in [1.82, 2.24) is 4.90 Å². The standard InChI is InChI=1S/C17H23FN4O4/c1-3-21(4-2)15(16(19)24)17(25)20-13-6-5-11(9-12(13)18)22-7-8-26-10-14(22)23/h5-6,9,15H,3-4,7-8,10H2,1-2H3,(H2,19,24)(H,20,25)/t15-/m0/s1. The first kappa shape index (κ1) is 19.8. The van der Waals surface area contributed by atoms with Crippen LogP contribution in [0, 0.1) is 5.82 Å². The molecule has 0 aromatic heterocycles. The smallest absolute Gasteiger partial charge is 0.253 e. The molecule has 8 nitrogen and oxygen atoms in total. The minimum absolute atomic E-state index is 0.0513. The molecule has 0 saturated carbocycles. The molecule has 9 heteroatoms. The van der Waals surface area contributed by atoms with Crippen LogP contribution in [-0.4, -0.2) is 61.5 Å². The van der Waals surface area contributed by atoms with E-state index in [1.54, 1.807) is 18.7 Å². The number of nitrogens with two attached hydrogens (primary N) is 1. The predicted octanol–water partition coefficient (Wildman–Crippen LogP) is 0.323. The molecule has 0 bridgehead atoms. The van der Waals surface area contributed by atoms with Crippen molar-refractivity contribution in [2.24, 2.45) is 5.73 Å². The summed E-state index contributed by atoms with van der Waals surface area (Å²) in [5.74, 6) is -2.47. The molecule has 0 radical (unpaired) electrons. The van der Waals surface area contributed by atoms with E-state index in [2.05, 4.69) is 5.32 Å². The Bertz CT molecular complexity index is 693. The van der Waals surface area contributed by atoms with Crippen LogP contribution < -0.4 is 16.0 Å².